The summed E-state index contributed by atoms with van der Waals surface area (Å²) >= 11 is 1.51. The van der Waals surface area contributed by atoms with Crippen LogP contribution in [0.1, 0.15) is 28.0 Å². The maximum atomic E-state index is 12.5. The van der Waals surface area contributed by atoms with Gasteiger partial charge in [-0.25, -0.2) is 18.6 Å². The molecule has 1 rings (SSSR count). The Morgan fingerprint density at radius 2 is 2.27 bits per heavy atom. The first-order valence-electron chi connectivity index (χ1n) is 3.59. The number of hydrogen-bond acceptors (Lipinski definition) is 3. The quantitative estimate of drug-likeness (QED) is 0.847. The molecule has 15 heavy (non-hydrogen) atoms. The molecule has 0 aromatic carbocycles. The highest BCUT2D eigenvalue weighted by molar-refractivity contribution is 14.1. The first-order valence-corrected chi connectivity index (χ1v) is 4.66. The van der Waals surface area contributed by atoms with Gasteiger partial charge < -0.3 is 5.11 Å². The van der Waals surface area contributed by atoms with Gasteiger partial charge >= 0.3 is 5.97 Å². The molecule has 1 aromatic heterocycles. The number of nitrogens with zero attached hydrogens (tertiary/aromatic N) is 2. The van der Waals surface area contributed by atoms with Crippen LogP contribution in [0.3, 0.4) is 0 Å². The average Bonchev–Trinajstić information content (AvgIpc) is 2.16. The van der Waals surface area contributed by atoms with Crippen LogP contribution in [0.15, 0.2) is 6.20 Å². The normalized spacial score (nSPS) is 10.1. The first-order chi connectivity index (χ1) is 6.99. The van der Waals surface area contributed by atoms with Crippen molar-refractivity contribution in [3.8, 4) is 6.07 Å². The minimum Gasteiger partial charge on any atom is -0.476 e. The van der Waals surface area contributed by atoms with E-state index in [1.807, 2.05) is 0 Å². The Bertz CT molecular complexity index is 457. The van der Waals surface area contributed by atoms with Crippen LogP contribution in [0.2, 0.25) is 0 Å². The fraction of sp³-hybridized carbons (Fsp3) is 0.125. The Hall–Kier alpha value is -1.30. The number of carbonyl (C=O) groups is 1. The summed E-state index contributed by atoms with van der Waals surface area (Å²) in [6, 6.07) is 1.66. The molecule has 1 aromatic rings. The Labute approximate surface area is 96.7 Å². The van der Waals surface area contributed by atoms with Gasteiger partial charge in [-0.1, -0.05) is 0 Å². The Morgan fingerprint density at radius 1 is 1.67 bits per heavy atom. The van der Waals surface area contributed by atoms with Gasteiger partial charge in [0.15, 0.2) is 5.69 Å². The van der Waals surface area contributed by atoms with Gasteiger partial charge in [-0.05, 0) is 22.6 Å². The third-order valence-corrected chi connectivity index (χ3v) is 2.75. The Morgan fingerprint density at radius 3 is 2.67 bits per heavy atom. The zero-order chi connectivity index (χ0) is 11.6. The molecule has 0 atom stereocenters. The topological polar surface area (TPSA) is 74.0 Å². The largest absolute Gasteiger partial charge is 0.476 e. The van der Waals surface area contributed by atoms with Crippen molar-refractivity contribution in [2.24, 2.45) is 0 Å². The van der Waals surface area contributed by atoms with Gasteiger partial charge in [-0.3, -0.25) is 0 Å². The summed E-state index contributed by atoms with van der Waals surface area (Å²) in [6.45, 7) is 0. The molecule has 0 fully saturated rings. The van der Waals surface area contributed by atoms with Gasteiger partial charge in [0.1, 0.15) is 6.07 Å². The summed E-state index contributed by atoms with van der Waals surface area (Å²) in [5, 5.41) is 17.2. The molecule has 1 heterocycles. The smallest absolute Gasteiger partial charge is 0.355 e. The number of carboxylic acids is 1. The van der Waals surface area contributed by atoms with E-state index in [-0.39, 0.29) is 9.13 Å². The van der Waals surface area contributed by atoms with E-state index in [4.69, 9.17) is 10.4 Å². The summed E-state index contributed by atoms with van der Waals surface area (Å²) in [5.41, 5.74) is -1.48. The third-order valence-electron chi connectivity index (χ3n) is 1.59. The van der Waals surface area contributed by atoms with Crippen molar-refractivity contribution in [2.45, 2.75) is 6.43 Å². The lowest BCUT2D eigenvalue weighted by atomic mass is 10.1. The molecule has 0 unspecified atom stereocenters. The summed E-state index contributed by atoms with van der Waals surface area (Å²) in [6.07, 6.45) is -2.00. The van der Waals surface area contributed by atoms with Crippen molar-refractivity contribution in [3.63, 3.8) is 0 Å². The molecule has 0 aliphatic carbocycles. The van der Waals surface area contributed by atoms with E-state index >= 15 is 0 Å². The second-order valence-electron chi connectivity index (χ2n) is 2.47. The van der Waals surface area contributed by atoms with Crippen LogP contribution in [0, 0.1) is 14.9 Å². The molecule has 0 amide bonds. The predicted molar refractivity (Wildman–Crippen MR) is 53.6 cm³/mol. The molecule has 78 valence electrons. The van der Waals surface area contributed by atoms with Gasteiger partial charge in [0.2, 0.25) is 0 Å². The highest BCUT2D eigenvalue weighted by atomic mass is 127. The predicted octanol–water partition coefficient (Wildman–Crippen LogP) is 2.19. The molecule has 1 N–H and O–H groups in total. The number of hydrogen-bond donors (Lipinski definition) is 1. The number of pyridine rings is 1. The van der Waals surface area contributed by atoms with Gasteiger partial charge in [0.25, 0.3) is 6.43 Å². The minimum atomic E-state index is -2.97. The third kappa shape index (κ3) is 2.20. The van der Waals surface area contributed by atoms with Crippen LogP contribution >= 0.6 is 22.6 Å². The monoisotopic (exact) mass is 324 g/mol. The fourth-order valence-corrected chi connectivity index (χ4v) is 1.70. The van der Waals surface area contributed by atoms with Crippen molar-refractivity contribution < 1.29 is 18.7 Å². The summed E-state index contributed by atoms with van der Waals surface area (Å²) < 4.78 is 25.0. The van der Waals surface area contributed by atoms with E-state index in [0.717, 1.165) is 6.20 Å². The van der Waals surface area contributed by atoms with Crippen LogP contribution in [-0.4, -0.2) is 16.1 Å². The number of aromatic carboxylic acids is 1. The zero-order valence-corrected chi connectivity index (χ0v) is 9.20. The molecule has 0 spiro atoms. The summed E-state index contributed by atoms with van der Waals surface area (Å²) in [7, 11) is 0. The number of nitriles is 1. The minimum absolute atomic E-state index is 0.0594. The number of halogens is 3. The fourth-order valence-electron chi connectivity index (χ4n) is 0.952. The lowest BCUT2D eigenvalue weighted by Crippen LogP contribution is -2.09. The molecule has 4 nitrogen and oxygen atoms in total. The Balaban J connectivity index is 3.53. The van der Waals surface area contributed by atoms with Crippen molar-refractivity contribution in [1.82, 2.24) is 4.98 Å². The van der Waals surface area contributed by atoms with Crippen molar-refractivity contribution in [2.75, 3.05) is 0 Å². The van der Waals surface area contributed by atoms with Crippen LogP contribution in [-0.2, 0) is 0 Å². The van der Waals surface area contributed by atoms with Crippen LogP contribution in [0.4, 0.5) is 8.78 Å². The lowest BCUT2D eigenvalue weighted by Gasteiger charge is -2.07. The first kappa shape index (κ1) is 11.8. The van der Waals surface area contributed by atoms with Crippen molar-refractivity contribution >= 4 is 28.6 Å². The van der Waals surface area contributed by atoms with Crippen LogP contribution < -0.4 is 0 Å². The lowest BCUT2D eigenvalue weighted by molar-refractivity contribution is 0.0676. The average molecular weight is 324 g/mol. The number of aromatic nitrogens is 1. The van der Waals surface area contributed by atoms with Gasteiger partial charge in [-0.2, -0.15) is 5.26 Å². The molecule has 0 aliphatic heterocycles. The summed E-state index contributed by atoms with van der Waals surface area (Å²) in [4.78, 5) is 13.9. The Kier molecular flexibility index (Phi) is 3.52. The van der Waals surface area contributed by atoms with Gasteiger partial charge in [0.05, 0.1) is 11.1 Å². The maximum absolute atomic E-state index is 12.5. The van der Waals surface area contributed by atoms with E-state index in [0.29, 0.717) is 0 Å². The second-order valence-corrected chi connectivity index (χ2v) is 3.54. The molecule has 0 saturated carbocycles. The van der Waals surface area contributed by atoms with E-state index in [1.165, 1.54) is 22.6 Å². The highest BCUT2D eigenvalue weighted by Crippen LogP contribution is 2.28. The van der Waals surface area contributed by atoms with E-state index in [2.05, 4.69) is 4.98 Å². The maximum Gasteiger partial charge on any atom is 0.355 e. The number of rotatable bonds is 2. The number of carboxylic acid groups (broad SMARTS) is 1. The standard InChI is InChI=1S/C8H3F2IN2O2/c9-7(10)4-5(11)3(1-12)2-13-6(4)8(14)15/h2,7H,(H,14,15). The molecule has 7 heteroatoms. The molecule has 0 bridgehead atoms. The summed E-state index contributed by atoms with van der Waals surface area (Å²) in [5.74, 6) is -1.53. The molecule has 0 aliphatic rings. The second kappa shape index (κ2) is 4.48. The zero-order valence-electron chi connectivity index (χ0n) is 7.04. The molecular formula is C8H3F2IN2O2. The van der Waals surface area contributed by atoms with Crippen LogP contribution in [0.25, 0.3) is 0 Å². The van der Waals surface area contributed by atoms with E-state index in [9.17, 15) is 13.6 Å². The SMILES string of the molecule is N#Cc1cnc(C(=O)O)c(C(F)F)c1I. The van der Waals surface area contributed by atoms with E-state index in [1.54, 1.807) is 6.07 Å². The van der Waals surface area contributed by atoms with Gasteiger partial charge in [0, 0.05) is 9.77 Å². The molecule has 0 saturated heterocycles. The molecule has 0 radical (unpaired) electrons. The molecular weight excluding hydrogens is 321 g/mol. The van der Waals surface area contributed by atoms with Gasteiger partial charge in [-0.15, -0.1) is 0 Å². The highest BCUT2D eigenvalue weighted by Gasteiger charge is 2.24. The van der Waals surface area contributed by atoms with Crippen molar-refractivity contribution in [3.05, 3.63) is 26.6 Å². The van der Waals surface area contributed by atoms with Crippen molar-refractivity contribution in [1.29, 1.82) is 5.26 Å². The number of alkyl halides is 2. The van der Waals surface area contributed by atoms with Crippen LogP contribution in [0.5, 0.6) is 0 Å². The van der Waals surface area contributed by atoms with E-state index < -0.39 is 23.7 Å².